The lowest BCUT2D eigenvalue weighted by Gasteiger charge is -2.24. The van der Waals surface area contributed by atoms with E-state index in [1.807, 2.05) is 37.3 Å². The molecule has 0 aromatic heterocycles. The lowest BCUT2D eigenvalue weighted by Crippen LogP contribution is -2.30. The minimum Gasteiger partial charge on any atom is -0.333 e. The first-order valence-electron chi connectivity index (χ1n) is 5.19. The summed E-state index contributed by atoms with van der Waals surface area (Å²) in [4.78, 5) is 13.1. The molecule has 0 N–H and O–H groups in total. The van der Waals surface area contributed by atoms with Gasteiger partial charge in [-0.2, -0.15) is 0 Å². The Balaban J connectivity index is 2.16. The Bertz CT molecular complexity index is 352. The van der Waals surface area contributed by atoms with Crippen molar-refractivity contribution < 1.29 is 9.18 Å². The second kappa shape index (κ2) is 4.01. The van der Waals surface area contributed by atoms with Crippen molar-refractivity contribution in [2.45, 2.75) is 25.6 Å². The van der Waals surface area contributed by atoms with Crippen LogP contribution in [0.25, 0.3) is 0 Å². The van der Waals surface area contributed by atoms with Gasteiger partial charge in [-0.05, 0) is 12.5 Å². The van der Waals surface area contributed by atoms with Crippen molar-refractivity contribution in [2.24, 2.45) is 0 Å². The molecule has 3 heteroatoms. The number of halogens is 1. The van der Waals surface area contributed by atoms with Crippen molar-refractivity contribution in [1.29, 1.82) is 0 Å². The highest BCUT2D eigenvalue weighted by molar-refractivity contribution is 5.83. The lowest BCUT2D eigenvalue weighted by molar-refractivity contribution is -0.133. The molecule has 1 aromatic rings. The molecular weight excluding hydrogens is 193 g/mol. The monoisotopic (exact) mass is 207 g/mol. The summed E-state index contributed by atoms with van der Waals surface area (Å²) in [7, 11) is 0. The van der Waals surface area contributed by atoms with Gasteiger partial charge >= 0.3 is 0 Å². The number of rotatable bonds is 2. The van der Waals surface area contributed by atoms with Crippen LogP contribution in [0, 0.1) is 0 Å². The summed E-state index contributed by atoms with van der Waals surface area (Å²) in [5.74, 6) is -0.369. The number of nitrogens with zero attached hydrogens (tertiary/aromatic N) is 1. The normalized spacial score (nSPS) is 23.2. The maximum atomic E-state index is 13.1. The van der Waals surface area contributed by atoms with Crippen molar-refractivity contribution in [2.75, 3.05) is 6.54 Å². The Morgan fingerprint density at radius 3 is 2.60 bits per heavy atom. The number of likely N-dealkylation sites (tertiary alicyclic amines) is 1. The Kier molecular flexibility index (Phi) is 2.71. The highest BCUT2D eigenvalue weighted by Gasteiger charge is 2.34. The largest absolute Gasteiger partial charge is 0.333 e. The zero-order valence-electron chi connectivity index (χ0n) is 8.69. The van der Waals surface area contributed by atoms with Gasteiger partial charge in [0.1, 0.15) is 0 Å². The summed E-state index contributed by atoms with van der Waals surface area (Å²) < 4.78 is 13.1. The Morgan fingerprint density at radius 2 is 2.07 bits per heavy atom. The van der Waals surface area contributed by atoms with Crippen LogP contribution in [0.1, 0.15) is 24.9 Å². The van der Waals surface area contributed by atoms with Gasteiger partial charge in [-0.25, -0.2) is 4.39 Å². The summed E-state index contributed by atoms with van der Waals surface area (Å²) in [5.41, 5.74) is 1.06. The van der Waals surface area contributed by atoms with E-state index in [1.165, 1.54) is 0 Å². The quantitative estimate of drug-likeness (QED) is 0.728. The van der Waals surface area contributed by atoms with Gasteiger partial charge in [0, 0.05) is 13.0 Å². The predicted octanol–water partition coefficient (Wildman–Crippen LogP) is 2.32. The molecule has 0 spiro atoms. The van der Waals surface area contributed by atoms with E-state index in [1.54, 1.807) is 4.90 Å². The molecule has 15 heavy (non-hydrogen) atoms. The molecule has 1 aromatic carbocycles. The fourth-order valence-corrected chi connectivity index (χ4v) is 1.96. The third-order valence-corrected chi connectivity index (χ3v) is 2.92. The first-order chi connectivity index (χ1) is 7.20. The van der Waals surface area contributed by atoms with Gasteiger partial charge in [0.2, 0.25) is 0 Å². The van der Waals surface area contributed by atoms with Crippen LogP contribution in [0.4, 0.5) is 4.39 Å². The molecule has 2 nitrogen and oxygen atoms in total. The zero-order valence-corrected chi connectivity index (χ0v) is 8.69. The minimum atomic E-state index is -1.30. The average Bonchev–Trinajstić information content (AvgIpc) is 2.60. The van der Waals surface area contributed by atoms with Crippen LogP contribution in [-0.4, -0.2) is 23.5 Å². The number of carbonyl (C=O) groups is 1. The van der Waals surface area contributed by atoms with E-state index >= 15 is 0 Å². The number of carbonyl (C=O) groups excluding carboxylic acids is 1. The second-order valence-corrected chi connectivity index (χ2v) is 3.87. The molecule has 1 heterocycles. The minimum absolute atomic E-state index is 0.0283. The Hall–Kier alpha value is -1.38. The molecule has 0 bridgehead atoms. The fourth-order valence-electron chi connectivity index (χ4n) is 1.96. The molecule has 1 aliphatic heterocycles. The number of alkyl halides is 1. The molecule has 0 aliphatic carbocycles. The smallest absolute Gasteiger partial charge is 0.257 e. The van der Waals surface area contributed by atoms with Crippen LogP contribution in [0.15, 0.2) is 30.3 Å². The number of amides is 1. The lowest BCUT2D eigenvalue weighted by atomic mass is 10.1. The molecule has 0 radical (unpaired) electrons. The van der Waals surface area contributed by atoms with E-state index in [9.17, 15) is 9.18 Å². The van der Waals surface area contributed by atoms with E-state index in [2.05, 4.69) is 0 Å². The van der Waals surface area contributed by atoms with Crippen LogP contribution in [0.5, 0.6) is 0 Å². The summed E-state index contributed by atoms with van der Waals surface area (Å²) >= 11 is 0. The van der Waals surface area contributed by atoms with E-state index < -0.39 is 6.17 Å². The van der Waals surface area contributed by atoms with Crippen molar-refractivity contribution >= 4 is 5.91 Å². The molecule has 0 unspecified atom stereocenters. The number of hydrogen-bond donors (Lipinski definition) is 0. The molecule has 2 atom stereocenters. The van der Waals surface area contributed by atoms with Gasteiger partial charge in [0.15, 0.2) is 6.17 Å². The molecule has 1 saturated heterocycles. The summed E-state index contributed by atoms with van der Waals surface area (Å²) in [5, 5.41) is 0. The first-order valence-corrected chi connectivity index (χ1v) is 5.19. The van der Waals surface area contributed by atoms with Gasteiger partial charge in [-0.3, -0.25) is 4.79 Å². The number of hydrogen-bond acceptors (Lipinski definition) is 1. The Labute approximate surface area is 88.7 Å². The fraction of sp³-hybridized carbons (Fsp3) is 0.417. The van der Waals surface area contributed by atoms with Gasteiger partial charge in [0.25, 0.3) is 5.91 Å². The molecular formula is C12H14FNO. The van der Waals surface area contributed by atoms with Gasteiger partial charge in [-0.15, -0.1) is 0 Å². The second-order valence-electron chi connectivity index (χ2n) is 3.87. The van der Waals surface area contributed by atoms with Gasteiger partial charge < -0.3 is 4.90 Å². The van der Waals surface area contributed by atoms with Crippen LogP contribution < -0.4 is 0 Å². The van der Waals surface area contributed by atoms with E-state index in [0.717, 1.165) is 5.56 Å². The third kappa shape index (κ3) is 1.87. The summed E-state index contributed by atoms with van der Waals surface area (Å²) in [6.45, 7) is 2.46. The van der Waals surface area contributed by atoms with Crippen molar-refractivity contribution in [1.82, 2.24) is 4.90 Å². The third-order valence-electron chi connectivity index (χ3n) is 2.92. The molecule has 1 fully saturated rings. The van der Waals surface area contributed by atoms with E-state index in [0.29, 0.717) is 13.0 Å². The van der Waals surface area contributed by atoms with Gasteiger partial charge in [-0.1, -0.05) is 30.3 Å². The highest BCUT2D eigenvalue weighted by Crippen LogP contribution is 2.26. The summed E-state index contributed by atoms with van der Waals surface area (Å²) in [6.07, 6.45) is -0.966. The molecule has 80 valence electrons. The number of benzene rings is 1. The topological polar surface area (TPSA) is 20.3 Å². The SMILES string of the molecule is C[C@@H](c1ccccc1)N1CC[C@@H](F)C1=O. The Morgan fingerprint density at radius 1 is 1.40 bits per heavy atom. The van der Waals surface area contributed by atoms with Crippen LogP contribution in [0.2, 0.25) is 0 Å². The van der Waals surface area contributed by atoms with Crippen LogP contribution in [-0.2, 0) is 4.79 Å². The van der Waals surface area contributed by atoms with Crippen molar-refractivity contribution in [3.05, 3.63) is 35.9 Å². The standard InChI is InChI=1S/C12H14FNO/c1-9(10-5-3-2-4-6-10)14-8-7-11(13)12(14)15/h2-6,9,11H,7-8H2,1H3/t9-,11+/m0/s1. The van der Waals surface area contributed by atoms with Crippen LogP contribution in [0.3, 0.4) is 0 Å². The van der Waals surface area contributed by atoms with Crippen molar-refractivity contribution in [3.8, 4) is 0 Å². The summed E-state index contributed by atoms with van der Waals surface area (Å²) in [6, 6.07) is 9.69. The van der Waals surface area contributed by atoms with E-state index in [4.69, 9.17) is 0 Å². The predicted molar refractivity (Wildman–Crippen MR) is 56.1 cm³/mol. The maximum absolute atomic E-state index is 13.1. The maximum Gasteiger partial charge on any atom is 0.257 e. The average molecular weight is 207 g/mol. The molecule has 0 saturated carbocycles. The highest BCUT2D eigenvalue weighted by atomic mass is 19.1. The van der Waals surface area contributed by atoms with Gasteiger partial charge in [0.05, 0.1) is 6.04 Å². The van der Waals surface area contributed by atoms with E-state index in [-0.39, 0.29) is 11.9 Å². The zero-order chi connectivity index (χ0) is 10.8. The van der Waals surface area contributed by atoms with Crippen LogP contribution >= 0.6 is 0 Å². The van der Waals surface area contributed by atoms with Crippen molar-refractivity contribution in [3.63, 3.8) is 0 Å². The first kappa shape index (κ1) is 10.1. The molecule has 1 amide bonds. The molecule has 2 rings (SSSR count). The molecule has 1 aliphatic rings.